The molecule has 0 spiro atoms. The van der Waals surface area contributed by atoms with Crippen molar-refractivity contribution >= 4 is 17.8 Å². The molecule has 4 fully saturated rings. The molecular formula is C21H28N4O3. The third kappa shape index (κ3) is 3.63. The Morgan fingerprint density at radius 2 is 1.86 bits per heavy atom. The van der Waals surface area contributed by atoms with E-state index < -0.39 is 11.6 Å². The first-order chi connectivity index (χ1) is 13.3. The Hall–Kier alpha value is -2.41. The predicted molar refractivity (Wildman–Crippen MR) is 104 cm³/mol. The Balaban J connectivity index is 1.43. The molecule has 2 bridgehead atoms. The number of imide groups is 1. The molecular weight excluding hydrogens is 356 g/mol. The van der Waals surface area contributed by atoms with Crippen LogP contribution in [0.1, 0.15) is 32.3 Å². The Bertz CT molecular complexity index is 779. The number of nitrogens with zero attached hydrogens (tertiary/aromatic N) is 3. The van der Waals surface area contributed by atoms with Crippen LogP contribution in [0.4, 0.5) is 4.79 Å². The average molecular weight is 384 g/mol. The van der Waals surface area contributed by atoms with Gasteiger partial charge in [0.1, 0.15) is 12.1 Å². The second-order valence-corrected chi connectivity index (χ2v) is 8.77. The fourth-order valence-electron chi connectivity index (χ4n) is 4.64. The van der Waals surface area contributed by atoms with Crippen LogP contribution in [0.5, 0.6) is 0 Å². The largest absolute Gasteiger partial charge is 0.337 e. The van der Waals surface area contributed by atoms with Gasteiger partial charge < -0.3 is 10.2 Å². The molecule has 4 aliphatic heterocycles. The molecule has 7 nitrogen and oxygen atoms in total. The second-order valence-electron chi connectivity index (χ2n) is 8.77. The van der Waals surface area contributed by atoms with E-state index in [-0.39, 0.29) is 24.4 Å². The molecule has 1 aromatic rings. The van der Waals surface area contributed by atoms with Crippen molar-refractivity contribution in [2.24, 2.45) is 5.92 Å². The Kier molecular flexibility index (Phi) is 4.87. The summed E-state index contributed by atoms with van der Waals surface area (Å²) >= 11 is 0. The van der Waals surface area contributed by atoms with Gasteiger partial charge in [0.15, 0.2) is 0 Å². The first-order valence-corrected chi connectivity index (χ1v) is 10.0. The van der Waals surface area contributed by atoms with Gasteiger partial charge in [-0.2, -0.15) is 0 Å². The number of fused-ring (bicyclic) bond motifs is 4. The summed E-state index contributed by atoms with van der Waals surface area (Å²) in [4.78, 5) is 42.9. The zero-order valence-electron chi connectivity index (χ0n) is 16.6. The van der Waals surface area contributed by atoms with E-state index >= 15 is 0 Å². The van der Waals surface area contributed by atoms with Crippen molar-refractivity contribution in [3.05, 3.63) is 35.9 Å². The van der Waals surface area contributed by atoms with Gasteiger partial charge in [-0.3, -0.25) is 19.4 Å². The van der Waals surface area contributed by atoms with Crippen molar-refractivity contribution in [3.8, 4) is 0 Å². The number of rotatable bonds is 4. The van der Waals surface area contributed by atoms with Crippen LogP contribution in [0.25, 0.3) is 0 Å². The number of carbonyl (C=O) groups is 3. The normalized spacial score (nSPS) is 27.1. The molecule has 0 radical (unpaired) electrons. The monoisotopic (exact) mass is 384 g/mol. The molecule has 7 heteroatoms. The van der Waals surface area contributed by atoms with E-state index in [1.165, 1.54) is 5.56 Å². The fraction of sp³-hybridized carbons (Fsp3) is 0.571. The van der Waals surface area contributed by atoms with Gasteiger partial charge in [0.25, 0.3) is 5.91 Å². The Morgan fingerprint density at radius 1 is 1.11 bits per heavy atom. The van der Waals surface area contributed by atoms with E-state index in [4.69, 9.17) is 0 Å². The quantitative estimate of drug-likeness (QED) is 0.798. The van der Waals surface area contributed by atoms with Crippen molar-refractivity contribution in [1.82, 2.24) is 20.0 Å². The lowest BCUT2D eigenvalue weighted by molar-refractivity contribution is -0.141. The zero-order valence-corrected chi connectivity index (χ0v) is 16.6. The van der Waals surface area contributed by atoms with Gasteiger partial charge in [-0.1, -0.05) is 30.3 Å². The number of piperidine rings is 1. The molecule has 4 heterocycles. The summed E-state index contributed by atoms with van der Waals surface area (Å²) in [6.45, 7) is 6.56. The van der Waals surface area contributed by atoms with Crippen molar-refractivity contribution in [2.75, 3.05) is 26.2 Å². The highest BCUT2D eigenvalue weighted by molar-refractivity contribution is 6.08. The minimum atomic E-state index is -0.943. The molecule has 28 heavy (non-hydrogen) atoms. The maximum atomic E-state index is 13.0. The minimum absolute atomic E-state index is 0.127. The van der Waals surface area contributed by atoms with E-state index in [1.807, 2.05) is 11.0 Å². The highest BCUT2D eigenvalue weighted by atomic mass is 16.2. The van der Waals surface area contributed by atoms with Crippen LogP contribution in [-0.4, -0.2) is 70.3 Å². The minimum Gasteiger partial charge on any atom is -0.337 e. The standard InChI is InChI=1S/C21H28N4O3/c1-21(2)19(27)25(20(28)22-21)14-18(26)24-12-16-8-9-17(24)13-23(11-16)10-15-6-4-3-5-7-15/h3-7,16-17H,8-14H2,1-2H3,(H,22,28)/t16-,17+/m1/s1. The van der Waals surface area contributed by atoms with Crippen LogP contribution in [-0.2, 0) is 16.1 Å². The summed E-state index contributed by atoms with van der Waals surface area (Å²) in [6.07, 6.45) is 2.10. The lowest BCUT2D eigenvalue weighted by atomic mass is 9.95. The first-order valence-electron chi connectivity index (χ1n) is 10.0. The fourth-order valence-corrected chi connectivity index (χ4v) is 4.64. The number of urea groups is 1. The number of amides is 4. The van der Waals surface area contributed by atoms with Crippen LogP contribution in [0.3, 0.4) is 0 Å². The lowest BCUT2D eigenvalue weighted by Crippen LogP contribution is -2.51. The molecule has 1 aromatic carbocycles. The van der Waals surface area contributed by atoms with Gasteiger partial charge in [-0.15, -0.1) is 0 Å². The van der Waals surface area contributed by atoms with Crippen LogP contribution >= 0.6 is 0 Å². The maximum Gasteiger partial charge on any atom is 0.325 e. The van der Waals surface area contributed by atoms with E-state index in [1.54, 1.807) is 13.8 Å². The lowest BCUT2D eigenvalue weighted by Gasteiger charge is -2.37. The van der Waals surface area contributed by atoms with E-state index in [9.17, 15) is 14.4 Å². The van der Waals surface area contributed by atoms with Crippen LogP contribution in [0, 0.1) is 5.92 Å². The molecule has 4 aliphatic rings. The van der Waals surface area contributed by atoms with Crippen molar-refractivity contribution in [2.45, 2.75) is 44.8 Å². The third-order valence-corrected chi connectivity index (χ3v) is 6.10. The number of benzene rings is 1. The summed E-state index contributed by atoms with van der Waals surface area (Å²) in [7, 11) is 0. The highest BCUT2D eigenvalue weighted by Crippen LogP contribution is 2.29. The molecule has 150 valence electrons. The van der Waals surface area contributed by atoms with Gasteiger partial charge in [0, 0.05) is 32.2 Å². The molecule has 4 saturated heterocycles. The second kappa shape index (κ2) is 7.20. The molecule has 0 saturated carbocycles. The van der Waals surface area contributed by atoms with E-state index in [0.717, 1.165) is 37.4 Å². The van der Waals surface area contributed by atoms with Crippen molar-refractivity contribution < 1.29 is 14.4 Å². The number of hydrogen-bond donors (Lipinski definition) is 1. The predicted octanol–water partition coefficient (Wildman–Crippen LogP) is 1.44. The summed E-state index contributed by atoms with van der Waals surface area (Å²) in [5, 5.41) is 2.64. The highest BCUT2D eigenvalue weighted by Gasteiger charge is 2.46. The van der Waals surface area contributed by atoms with Crippen molar-refractivity contribution in [1.29, 1.82) is 0 Å². The van der Waals surface area contributed by atoms with Gasteiger partial charge >= 0.3 is 6.03 Å². The van der Waals surface area contributed by atoms with Crippen LogP contribution in [0.2, 0.25) is 0 Å². The molecule has 5 rings (SSSR count). The third-order valence-electron chi connectivity index (χ3n) is 6.10. The van der Waals surface area contributed by atoms with Gasteiger partial charge in [0.2, 0.25) is 5.91 Å². The summed E-state index contributed by atoms with van der Waals surface area (Å²) < 4.78 is 0. The van der Waals surface area contributed by atoms with Crippen molar-refractivity contribution in [3.63, 3.8) is 0 Å². The van der Waals surface area contributed by atoms with Gasteiger partial charge in [-0.25, -0.2) is 4.79 Å². The first kappa shape index (κ1) is 18.9. The number of nitrogens with one attached hydrogen (secondary N) is 1. The number of carbonyl (C=O) groups excluding carboxylic acids is 3. The molecule has 0 aromatic heterocycles. The molecule has 1 N–H and O–H groups in total. The molecule has 4 amide bonds. The maximum absolute atomic E-state index is 13.0. The van der Waals surface area contributed by atoms with Crippen LogP contribution in [0.15, 0.2) is 30.3 Å². The van der Waals surface area contributed by atoms with E-state index in [0.29, 0.717) is 12.5 Å². The van der Waals surface area contributed by atoms with Crippen LogP contribution < -0.4 is 5.32 Å². The topological polar surface area (TPSA) is 73.0 Å². The summed E-state index contributed by atoms with van der Waals surface area (Å²) in [5.74, 6) is -0.0278. The zero-order chi connectivity index (χ0) is 19.9. The molecule has 0 aliphatic carbocycles. The Labute approximate surface area is 165 Å². The average Bonchev–Trinajstić information content (AvgIpc) is 2.86. The Morgan fingerprint density at radius 3 is 2.54 bits per heavy atom. The molecule has 0 unspecified atom stereocenters. The summed E-state index contributed by atoms with van der Waals surface area (Å²) in [6, 6.07) is 10.1. The van der Waals surface area contributed by atoms with Gasteiger partial charge in [-0.05, 0) is 38.2 Å². The summed E-state index contributed by atoms with van der Waals surface area (Å²) in [5.41, 5.74) is 0.338. The number of hydrogen-bond acceptors (Lipinski definition) is 4. The van der Waals surface area contributed by atoms with E-state index in [2.05, 4.69) is 34.5 Å². The molecule has 2 atom stereocenters. The SMILES string of the molecule is CC1(C)NC(=O)N(CC(=O)N2C[C@@H]3CC[C@H]2CN(Cc2ccccc2)C3)C1=O. The van der Waals surface area contributed by atoms with Gasteiger partial charge in [0.05, 0.1) is 0 Å². The smallest absolute Gasteiger partial charge is 0.325 e.